The molecule has 140 valence electrons. The lowest BCUT2D eigenvalue weighted by molar-refractivity contribution is -0.114. The van der Waals surface area contributed by atoms with Gasteiger partial charge in [-0.05, 0) is 24.3 Å². The molecule has 27 heavy (non-hydrogen) atoms. The first kappa shape index (κ1) is 19.5. The van der Waals surface area contributed by atoms with Crippen molar-refractivity contribution in [2.24, 2.45) is 4.99 Å². The van der Waals surface area contributed by atoms with Gasteiger partial charge in [0.15, 0.2) is 5.13 Å². The molecular formula is C15H14N6O5S. The second kappa shape index (κ2) is 9.05. The van der Waals surface area contributed by atoms with Gasteiger partial charge in [0, 0.05) is 17.9 Å². The predicted octanol–water partition coefficient (Wildman–Crippen LogP) is 1.47. The molecule has 0 bridgehead atoms. The SMILES string of the molecule is CC(=O)Nc1nc(/C=N/c2ccc(C(=O)NC(=O)NNC(=O)O)cc2)cs1. The monoisotopic (exact) mass is 390 g/mol. The minimum Gasteiger partial charge on any atom is -0.464 e. The van der Waals surface area contributed by atoms with Gasteiger partial charge in [-0.25, -0.2) is 25.4 Å². The molecule has 0 fully saturated rings. The molecule has 5 amide bonds. The Hall–Kier alpha value is -3.80. The topological polar surface area (TPSA) is 162 Å². The molecule has 0 unspecified atom stereocenters. The maximum absolute atomic E-state index is 11.9. The number of carbonyl (C=O) groups is 4. The van der Waals surface area contributed by atoms with Gasteiger partial charge in [-0.15, -0.1) is 11.3 Å². The van der Waals surface area contributed by atoms with Crippen LogP contribution >= 0.6 is 11.3 Å². The number of benzene rings is 1. The number of thiazole rings is 1. The van der Waals surface area contributed by atoms with E-state index in [-0.39, 0.29) is 11.5 Å². The molecule has 2 rings (SSSR count). The zero-order valence-corrected chi connectivity index (χ0v) is 14.7. The lowest BCUT2D eigenvalue weighted by atomic mass is 10.2. The maximum Gasteiger partial charge on any atom is 0.423 e. The highest BCUT2D eigenvalue weighted by Gasteiger charge is 2.10. The summed E-state index contributed by atoms with van der Waals surface area (Å²) in [6, 6.07) is 5.00. The number of hydrazine groups is 1. The van der Waals surface area contributed by atoms with E-state index in [1.165, 1.54) is 36.6 Å². The highest BCUT2D eigenvalue weighted by atomic mass is 32.1. The number of urea groups is 1. The van der Waals surface area contributed by atoms with E-state index in [1.54, 1.807) is 28.4 Å². The van der Waals surface area contributed by atoms with E-state index in [4.69, 9.17) is 5.11 Å². The van der Waals surface area contributed by atoms with Crippen LogP contribution in [0.5, 0.6) is 0 Å². The minimum atomic E-state index is -1.47. The molecular weight excluding hydrogens is 376 g/mol. The Morgan fingerprint density at radius 3 is 2.48 bits per heavy atom. The Labute approximate surface area is 156 Å². The van der Waals surface area contributed by atoms with Crippen LogP contribution in [0.2, 0.25) is 0 Å². The Morgan fingerprint density at radius 1 is 1.15 bits per heavy atom. The maximum atomic E-state index is 11.9. The normalized spacial score (nSPS) is 10.3. The number of rotatable bonds is 4. The van der Waals surface area contributed by atoms with Crippen molar-refractivity contribution in [2.75, 3.05) is 5.32 Å². The van der Waals surface area contributed by atoms with Crippen molar-refractivity contribution in [2.45, 2.75) is 6.92 Å². The fourth-order valence-corrected chi connectivity index (χ4v) is 2.42. The summed E-state index contributed by atoms with van der Waals surface area (Å²) >= 11 is 1.26. The van der Waals surface area contributed by atoms with Crippen molar-refractivity contribution in [3.05, 3.63) is 40.9 Å². The van der Waals surface area contributed by atoms with E-state index >= 15 is 0 Å². The third-order valence-electron chi connectivity index (χ3n) is 2.79. The molecule has 0 saturated carbocycles. The van der Waals surface area contributed by atoms with Gasteiger partial charge in [-0.3, -0.25) is 19.9 Å². The molecule has 11 nitrogen and oxygen atoms in total. The van der Waals surface area contributed by atoms with Crippen molar-refractivity contribution in [1.82, 2.24) is 21.2 Å². The molecule has 0 aliphatic rings. The molecule has 0 atom stereocenters. The van der Waals surface area contributed by atoms with Gasteiger partial charge >= 0.3 is 12.1 Å². The van der Waals surface area contributed by atoms with Crippen LogP contribution < -0.4 is 21.5 Å². The molecule has 2 aromatic rings. The van der Waals surface area contributed by atoms with Crippen LogP contribution in [0.3, 0.4) is 0 Å². The molecule has 0 aliphatic carbocycles. The van der Waals surface area contributed by atoms with E-state index in [0.717, 1.165) is 0 Å². The standard InChI is InChI=1S/C15H14N6O5S/c1-8(22)17-14-18-11(7-27-14)6-16-10-4-2-9(3-5-10)12(23)19-13(24)20-21-15(25)26/h2-7,21H,1H3,(H,25,26)(H,17,18,22)(H2,19,20,23,24)/b16-6+. The molecule has 1 aromatic heterocycles. The average molecular weight is 390 g/mol. The fourth-order valence-electron chi connectivity index (χ4n) is 1.71. The summed E-state index contributed by atoms with van der Waals surface area (Å²) < 4.78 is 0. The van der Waals surface area contributed by atoms with Gasteiger partial charge in [0.25, 0.3) is 5.91 Å². The minimum absolute atomic E-state index is 0.182. The Kier molecular flexibility index (Phi) is 6.55. The predicted molar refractivity (Wildman–Crippen MR) is 97.3 cm³/mol. The van der Waals surface area contributed by atoms with Gasteiger partial charge in [-0.1, -0.05) is 0 Å². The largest absolute Gasteiger partial charge is 0.464 e. The summed E-state index contributed by atoms with van der Waals surface area (Å²) in [6.07, 6.45) is 0.0335. The highest BCUT2D eigenvalue weighted by molar-refractivity contribution is 7.14. The van der Waals surface area contributed by atoms with Crippen LogP contribution in [0.4, 0.5) is 20.4 Å². The van der Waals surface area contributed by atoms with Crippen molar-refractivity contribution in [3.8, 4) is 0 Å². The molecule has 5 N–H and O–H groups in total. The van der Waals surface area contributed by atoms with E-state index in [1.807, 2.05) is 5.32 Å². The van der Waals surface area contributed by atoms with Crippen LogP contribution in [-0.2, 0) is 4.79 Å². The number of aliphatic imine (C=N–C) groups is 1. The van der Waals surface area contributed by atoms with Gasteiger partial charge < -0.3 is 10.4 Å². The summed E-state index contributed by atoms with van der Waals surface area (Å²) in [6.45, 7) is 1.39. The van der Waals surface area contributed by atoms with Crippen molar-refractivity contribution >= 4 is 52.3 Å². The van der Waals surface area contributed by atoms with Crippen LogP contribution in [0, 0.1) is 0 Å². The molecule has 1 heterocycles. The number of carbonyl (C=O) groups excluding carboxylic acids is 3. The number of hydrogen-bond donors (Lipinski definition) is 5. The van der Waals surface area contributed by atoms with Crippen molar-refractivity contribution in [1.29, 1.82) is 0 Å². The average Bonchev–Trinajstić information content (AvgIpc) is 3.05. The number of nitrogens with zero attached hydrogens (tertiary/aromatic N) is 2. The lowest BCUT2D eigenvalue weighted by Gasteiger charge is -2.05. The van der Waals surface area contributed by atoms with E-state index < -0.39 is 18.0 Å². The highest BCUT2D eigenvalue weighted by Crippen LogP contribution is 2.16. The van der Waals surface area contributed by atoms with Crippen molar-refractivity contribution < 1.29 is 24.3 Å². The van der Waals surface area contributed by atoms with Gasteiger partial charge in [0.2, 0.25) is 5.91 Å². The smallest absolute Gasteiger partial charge is 0.423 e. The zero-order chi connectivity index (χ0) is 19.8. The first-order valence-electron chi connectivity index (χ1n) is 7.31. The van der Waals surface area contributed by atoms with E-state index in [2.05, 4.69) is 15.3 Å². The molecule has 0 spiro atoms. The summed E-state index contributed by atoms with van der Waals surface area (Å²) in [4.78, 5) is 52.7. The number of nitrogens with one attached hydrogen (secondary N) is 4. The summed E-state index contributed by atoms with van der Waals surface area (Å²) in [7, 11) is 0. The first-order valence-corrected chi connectivity index (χ1v) is 8.19. The number of hydrogen-bond acceptors (Lipinski definition) is 7. The van der Waals surface area contributed by atoms with Crippen LogP contribution in [0.1, 0.15) is 23.0 Å². The lowest BCUT2D eigenvalue weighted by Crippen LogP contribution is -2.48. The van der Waals surface area contributed by atoms with Crippen LogP contribution in [0.15, 0.2) is 34.6 Å². The van der Waals surface area contributed by atoms with Crippen molar-refractivity contribution in [3.63, 3.8) is 0 Å². The van der Waals surface area contributed by atoms with Crippen LogP contribution in [0.25, 0.3) is 0 Å². The number of imide groups is 1. The second-order valence-corrected chi connectivity index (χ2v) is 5.76. The molecule has 0 radical (unpaired) electrons. The number of aromatic nitrogens is 1. The fraction of sp³-hybridized carbons (Fsp3) is 0.0667. The van der Waals surface area contributed by atoms with Gasteiger partial charge in [0.05, 0.1) is 17.6 Å². The third-order valence-corrected chi connectivity index (χ3v) is 3.57. The number of anilines is 1. The number of carboxylic acid groups (broad SMARTS) is 1. The van der Waals surface area contributed by atoms with E-state index in [9.17, 15) is 19.2 Å². The molecule has 0 aliphatic heterocycles. The third kappa shape index (κ3) is 6.55. The summed E-state index contributed by atoms with van der Waals surface area (Å²) in [5, 5.41) is 15.0. The first-order chi connectivity index (χ1) is 12.8. The molecule has 0 saturated heterocycles. The summed E-state index contributed by atoms with van der Waals surface area (Å²) in [5.41, 5.74) is 4.66. The molecule has 12 heteroatoms. The Balaban J connectivity index is 1.93. The van der Waals surface area contributed by atoms with Gasteiger partial charge in [0.1, 0.15) is 0 Å². The van der Waals surface area contributed by atoms with Gasteiger partial charge in [-0.2, -0.15) is 0 Å². The molecule has 1 aromatic carbocycles. The second-order valence-electron chi connectivity index (χ2n) is 4.90. The Bertz CT molecular complexity index is 892. The quantitative estimate of drug-likeness (QED) is 0.392. The Morgan fingerprint density at radius 2 is 1.85 bits per heavy atom. The number of amides is 5. The van der Waals surface area contributed by atoms with E-state index in [0.29, 0.717) is 16.5 Å². The zero-order valence-electron chi connectivity index (χ0n) is 13.8. The summed E-state index contributed by atoms with van der Waals surface area (Å²) in [5.74, 6) is -0.927. The van der Waals surface area contributed by atoms with Crippen LogP contribution in [-0.4, -0.2) is 40.2 Å².